The molecule has 0 amide bonds. The van der Waals surface area contributed by atoms with Gasteiger partial charge in [-0.05, 0) is 26.3 Å². The number of rotatable bonds is 20. The molecule has 0 saturated heterocycles. The third-order valence-corrected chi connectivity index (χ3v) is 4.78. The van der Waals surface area contributed by atoms with Crippen molar-refractivity contribution in [2.75, 3.05) is 46.2 Å². The molecule has 190 valence electrons. The van der Waals surface area contributed by atoms with Gasteiger partial charge in [0.2, 0.25) is 0 Å². The summed E-state index contributed by atoms with van der Waals surface area (Å²) in [4.78, 5) is 46.1. The zero-order chi connectivity index (χ0) is 25.2. The van der Waals surface area contributed by atoms with Crippen molar-refractivity contribution in [3.63, 3.8) is 0 Å². The van der Waals surface area contributed by atoms with Gasteiger partial charge in [-0.2, -0.15) is 0 Å². The first kappa shape index (κ1) is 29.6. The number of benzene rings is 1. The Hall–Kier alpha value is -2.46. The highest BCUT2D eigenvalue weighted by Gasteiger charge is 2.32. The minimum absolute atomic E-state index is 0.00142. The maximum atomic E-state index is 12.4. The number of carbonyl (C=O) groups excluding carboxylic acids is 4. The number of nitrogens with one attached hydrogen (secondary N) is 1. The lowest BCUT2D eigenvalue weighted by Crippen LogP contribution is -2.58. The van der Waals surface area contributed by atoms with Crippen molar-refractivity contribution in [2.24, 2.45) is 0 Å². The van der Waals surface area contributed by atoms with E-state index < -0.39 is 11.5 Å². The molecular weight excluding hydrogens is 442 g/mol. The lowest BCUT2D eigenvalue weighted by molar-refractivity contribution is -0.145. The highest BCUT2D eigenvalue weighted by molar-refractivity contribution is 5.76. The first-order chi connectivity index (χ1) is 16.2. The second-order valence-corrected chi connectivity index (χ2v) is 8.29. The smallest absolute Gasteiger partial charge is 0.320 e. The molecule has 1 rings (SSSR count). The van der Waals surface area contributed by atoms with Crippen LogP contribution in [-0.2, 0) is 44.7 Å². The topological polar surface area (TPSA) is 117 Å². The Labute approximate surface area is 201 Å². The van der Waals surface area contributed by atoms with Gasteiger partial charge in [-0.15, -0.1) is 0 Å². The summed E-state index contributed by atoms with van der Waals surface area (Å²) >= 11 is 0. The lowest BCUT2D eigenvalue weighted by Gasteiger charge is -2.34. The maximum absolute atomic E-state index is 12.4. The van der Waals surface area contributed by atoms with Gasteiger partial charge in [-0.3, -0.25) is 24.5 Å². The van der Waals surface area contributed by atoms with Crippen LogP contribution in [0.5, 0.6) is 0 Å². The van der Waals surface area contributed by atoms with Crippen LogP contribution < -0.4 is 5.32 Å². The fraction of sp³-hybridized carbons (Fsp3) is 0.600. The van der Waals surface area contributed by atoms with E-state index in [-0.39, 0.29) is 89.4 Å². The minimum atomic E-state index is -0.948. The monoisotopic (exact) mass is 479 g/mol. The number of ketones is 3. The molecule has 0 bridgehead atoms. The molecule has 0 aliphatic heterocycles. The molecule has 1 N–H and O–H groups in total. The predicted octanol–water partition coefficient (Wildman–Crippen LogP) is 2.05. The molecule has 0 spiro atoms. The van der Waals surface area contributed by atoms with Gasteiger partial charge in [-0.1, -0.05) is 30.3 Å². The normalized spacial score (nSPS) is 11.3. The van der Waals surface area contributed by atoms with Gasteiger partial charge in [0.15, 0.2) is 0 Å². The Balaban J connectivity index is 2.78. The number of hydrogen-bond acceptors (Lipinski definition) is 9. The second-order valence-electron chi connectivity index (χ2n) is 8.29. The molecule has 0 atom stereocenters. The molecule has 9 nitrogen and oxygen atoms in total. The zero-order valence-electron chi connectivity index (χ0n) is 20.4. The highest BCUT2D eigenvalue weighted by Crippen LogP contribution is 2.11. The first-order valence-electron chi connectivity index (χ1n) is 11.4. The van der Waals surface area contributed by atoms with Crippen LogP contribution in [0.15, 0.2) is 30.3 Å². The van der Waals surface area contributed by atoms with Crippen molar-refractivity contribution < 1.29 is 38.1 Å². The van der Waals surface area contributed by atoms with Gasteiger partial charge in [0.1, 0.15) is 24.0 Å². The van der Waals surface area contributed by atoms with Gasteiger partial charge in [0, 0.05) is 19.3 Å². The quantitative estimate of drug-likeness (QED) is 0.221. The summed E-state index contributed by atoms with van der Waals surface area (Å²) in [5.74, 6) is -0.472. The molecular formula is C25H37NO8. The minimum Gasteiger partial charge on any atom is -0.460 e. The van der Waals surface area contributed by atoms with Gasteiger partial charge >= 0.3 is 5.97 Å². The van der Waals surface area contributed by atoms with Gasteiger partial charge in [0.25, 0.3) is 0 Å². The SMILES string of the molecule is CC(=O)CCOCC(COCCC(C)=O)(COCCC(C)=O)NCC(=O)OCc1ccccc1. The Morgan fingerprint density at radius 2 is 1.18 bits per heavy atom. The summed E-state index contributed by atoms with van der Waals surface area (Å²) in [7, 11) is 0. The third kappa shape index (κ3) is 14.6. The summed E-state index contributed by atoms with van der Waals surface area (Å²) in [6.45, 7) is 5.34. The molecule has 34 heavy (non-hydrogen) atoms. The molecule has 1 aromatic carbocycles. The van der Waals surface area contributed by atoms with Crippen LogP contribution in [0.1, 0.15) is 45.6 Å². The van der Waals surface area contributed by atoms with Crippen molar-refractivity contribution >= 4 is 23.3 Å². The molecule has 0 heterocycles. The van der Waals surface area contributed by atoms with Crippen molar-refractivity contribution in [3.05, 3.63) is 35.9 Å². The molecule has 0 aliphatic carbocycles. The Bertz CT molecular complexity index is 710. The van der Waals surface area contributed by atoms with Crippen LogP contribution in [-0.4, -0.2) is 75.0 Å². The summed E-state index contributed by atoms with van der Waals surface area (Å²) in [6, 6.07) is 9.33. The summed E-state index contributed by atoms with van der Waals surface area (Å²) in [5, 5.41) is 3.13. The van der Waals surface area contributed by atoms with Crippen molar-refractivity contribution in [2.45, 2.75) is 52.2 Å². The number of esters is 1. The number of Topliss-reactive ketones (excluding diaryl/α,β-unsaturated/α-hetero) is 3. The Morgan fingerprint density at radius 3 is 1.59 bits per heavy atom. The number of ether oxygens (including phenoxy) is 4. The van der Waals surface area contributed by atoms with Crippen LogP contribution in [0.2, 0.25) is 0 Å². The standard InChI is InChI=1S/C25H37NO8/c1-20(27)9-12-31-17-25(18-32-13-10-21(2)28,19-33-14-11-22(3)29)26-15-24(30)34-16-23-7-5-4-6-8-23/h4-8,26H,9-19H2,1-3H3. The Kier molecular flexibility index (Phi) is 14.8. The van der Waals surface area contributed by atoms with Gasteiger partial charge in [-0.25, -0.2) is 0 Å². The van der Waals surface area contributed by atoms with Gasteiger partial charge < -0.3 is 18.9 Å². The molecule has 1 aromatic rings. The van der Waals surface area contributed by atoms with Crippen molar-refractivity contribution in [1.82, 2.24) is 5.32 Å². The first-order valence-corrected chi connectivity index (χ1v) is 11.4. The molecule has 9 heteroatoms. The lowest BCUT2D eigenvalue weighted by atomic mass is 10.0. The average Bonchev–Trinajstić information content (AvgIpc) is 2.79. The van der Waals surface area contributed by atoms with Crippen LogP contribution >= 0.6 is 0 Å². The second kappa shape index (κ2) is 17.0. The molecule has 0 aliphatic rings. The fourth-order valence-electron chi connectivity index (χ4n) is 2.78. The van der Waals surface area contributed by atoms with Crippen molar-refractivity contribution in [1.29, 1.82) is 0 Å². The van der Waals surface area contributed by atoms with Crippen LogP contribution in [0.3, 0.4) is 0 Å². The van der Waals surface area contributed by atoms with Crippen molar-refractivity contribution in [3.8, 4) is 0 Å². The number of hydrogen-bond donors (Lipinski definition) is 1. The van der Waals surface area contributed by atoms with E-state index in [4.69, 9.17) is 18.9 Å². The highest BCUT2D eigenvalue weighted by atomic mass is 16.5. The van der Waals surface area contributed by atoms with Crippen LogP contribution in [0, 0.1) is 0 Å². The molecule has 0 aromatic heterocycles. The Morgan fingerprint density at radius 1 is 0.735 bits per heavy atom. The molecule has 0 unspecified atom stereocenters. The van der Waals surface area contributed by atoms with Gasteiger partial charge in [0.05, 0.1) is 51.7 Å². The van der Waals surface area contributed by atoms with Crippen LogP contribution in [0.4, 0.5) is 0 Å². The van der Waals surface area contributed by atoms with E-state index >= 15 is 0 Å². The molecule has 0 fully saturated rings. The summed E-state index contributed by atoms with van der Waals surface area (Å²) in [5.41, 5.74) is -0.0781. The van der Waals surface area contributed by atoms with E-state index in [2.05, 4.69) is 5.32 Å². The molecule has 0 saturated carbocycles. The third-order valence-electron chi connectivity index (χ3n) is 4.78. The maximum Gasteiger partial charge on any atom is 0.320 e. The summed E-state index contributed by atoms with van der Waals surface area (Å²) < 4.78 is 22.4. The van der Waals surface area contributed by atoms with E-state index in [0.717, 1.165) is 5.56 Å². The zero-order valence-corrected chi connectivity index (χ0v) is 20.4. The van der Waals surface area contributed by atoms with Crippen LogP contribution in [0.25, 0.3) is 0 Å². The van der Waals surface area contributed by atoms with E-state index in [1.54, 1.807) is 0 Å². The van der Waals surface area contributed by atoms with E-state index in [9.17, 15) is 19.2 Å². The fourth-order valence-corrected chi connectivity index (χ4v) is 2.78. The van der Waals surface area contributed by atoms with E-state index in [1.807, 2.05) is 30.3 Å². The van der Waals surface area contributed by atoms with E-state index in [0.29, 0.717) is 0 Å². The number of carbonyl (C=O) groups is 4. The predicted molar refractivity (Wildman–Crippen MR) is 125 cm³/mol. The average molecular weight is 480 g/mol. The van der Waals surface area contributed by atoms with E-state index in [1.165, 1.54) is 20.8 Å². The largest absolute Gasteiger partial charge is 0.460 e. The molecule has 0 radical (unpaired) electrons. The summed E-state index contributed by atoms with van der Waals surface area (Å²) in [6.07, 6.45) is 0.767.